The van der Waals surface area contributed by atoms with Gasteiger partial charge in [0.15, 0.2) is 6.23 Å². The molecule has 1 saturated carbocycles. The Kier molecular flexibility index (Phi) is 8.90. The number of nitrogens with one attached hydrogen (secondary N) is 1. The molecule has 262 valence electrons. The van der Waals surface area contributed by atoms with Gasteiger partial charge in [0.2, 0.25) is 0 Å². The molecular weight excluding hydrogens is 647 g/mol. The van der Waals surface area contributed by atoms with Gasteiger partial charge in [-0.05, 0) is 96.6 Å². The summed E-state index contributed by atoms with van der Waals surface area (Å²) in [6.45, 7) is 12.8. The number of carbonyl (C=O) groups excluding carboxylic acids is 1. The molecule has 3 aliphatic rings. The highest BCUT2D eigenvalue weighted by Gasteiger charge is 2.55. The first-order chi connectivity index (χ1) is 23.4. The molecule has 49 heavy (non-hydrogen) atoms. The Balaban J connectivity index is 1.28. The summed E-state index contributed by atoms with van der Waals surface area (Å²) < 4.78 is 37.0. The molecule has 7 rings (SSSR count). The van der Waals surface area contributed by atoms with Crippen LogP contribution in [0, 0.1) is 25.1 Å². The van der Waals surface area contributed by atoms with Gasteiger partial charge in [-0.1, -0.05) is 11.6 Å². The van der Waals surface area contributed by atoms with E-state index in [0.717, 1.165) is 65.4 Å². The zero-order valence-corrected chi connectivity index (χ0v) is 30.0. The first-order valence-electron chi connectivity index (χ1n) is 17.3. The smallest absolute Gasteiger partial charge is 0.410 e. The van der Waals surface area contributed by atoms with Crippen LogP contribution < -0.4 is 5.32 Å². The van der Waals surface area contributed by atoms with Crippen molar-refractivity contribution >= 4 is 34.3 Å². The van der Waals surface area contributed by atoms with Crippen molar-refractivity contribution in [3.05, 3.63) is 52.6 Å². The average Bonchev–Trinajstić information content (AvgIpc) is 3.57. The van der Waals surface area contributed by atoms with Crippen LogP contribution >= 0.6 is 11.6 Å². The fraction of sp³-hybridized carbons (Fsp3) is 0.541. The Bertz CT molecular complexity index is 1880. The maximum absolute atomic E-state index is 16.1. The zero-order chi connectivity index (χ0) is 34.7. The highest BCUT2D eigenvalue weighted by Crippen LogP contribution is 2.56. The predicted molar refractivity (Wildman–Crippen MR) is 189 cm³/mol. The van der Waals surface area contributed by atoms with Crippen LogP contribution in [0.2, 0.25) is 5.02 Å². The lowest BCUT2D eigenvalue weighted by Gasteiger charge is -2.58. The average molecular weight is 693 g/mol. The number of benzene rings is 2. The van der Waals surface area contributed by atoms with Crippen molar-refractivity contribution < 1.29 is 23.4 Å². The lowest BCUT2D eigenvalue weighted by Crippen LogP contribution is -2.64. The van der Waals surface area contributed by atoms with E-state index in [4.69, 9.17) is 36.0 Å². The second kappa shape index (κ2) is 12.9. The van der Waals surface area contributed by atoms with Gasteiger partial charge in [0, 0.05) is 72.2 Å². The molecule has 2 aromatic carbocycles. The lowest BCUT2D eigenvalue weighted by molar-refractivity contribution is -0.0930. The van der Waals surface area contributed by atoms with E-state index in [1.807, 2.05) is 51.6 Å². The SMILES string of the molecule is COCCNc1ccc(-c2nn(C3CC4(C3)CN(C(=O)OC(C)(C)C)C4)c(C)c2-c2c(Cl)c(C)cc3c2cnn3C2CCCCO2)c(F)c1. The molecule has 1 N–H and O–H groups in total. The van der Waals surface area contributed by atoms with Crippen molar-refractivity contribution in [3.63, 3.8) is 0 Å². The molecule has 10 nitrogen and oxygen atoms in total. The van der Waals surface area contributed by atoms with Crippen LogP contribution in [0.1, 0.15) is 76.4 Å². The number of fused-ring (bicyclic) bond motifs is 1. The molecule has 1 amide bonds. The topological polar surface area (TPSA) is 95.7 Å². The molecule has 1 aliphatic carbocycles. The highest BCUT2D eigenvalue weighted by molar-refractivity contribution is 6.36. The van der Waals surface area contributed by atoms with E-state index in [2.05, 4.69) is 16.1 Å². The van der Waals surface area contributed by atoms with Gasteiger partial charge >= 0.3 is 6.09 Å². The first kappa shape index (κ1) is 33.8. The van der Waals surface area contributed by atoms with Gasteiger partial charge in [0.05, 0.1) is 29.4 Å². The lowest BCUT2D eigenvalue weighted by atomic mass is 9.61. The van der Waals surface area contributed by atoms with Crippen LogP contribution in [0.5, 0.6) is 0 Å². The number of nitrogens with zero attached hydrogens (tertiary/aromatic N) is 5. The van der Waals surface area contributed by atoms with E-state index in [-0.39, 0.29) is 29.6 Å². The van der Waals surface area contributed by atoms with Gasteiger partial charge in [0.1, 0.15) is 17.1 Å². The number of likely N-dealkylation sites (tertiary alicyclic amines) is 1. The molecule has 0 radical (unpaired) electrons. The van der Waals surface area contributed by atoms with E-state index in [1.54, 1.807) is 18.1 Å². The maximum atomic E-state index is 16.1. The molecule has 12 heteroatoms. The van der Waals surface area contributed by atoms with Crippen molar-refractivity contribution in [1.82, 2.24) is 24.5 Å². The van der Waals surface area contributed by atoms with Crippen molar-refractivity contribution in [2.45, 2.75) is 84.6 Å². The number of hydrogen-bond donors (Lipinski definition) is 1. The summed E-state index contributed by atoms with van der Waals surface area (Å²) >= 11 is 7.20. The number of aromatic nitrogens is 4. The highest BCUT2D eigenvalue weighted by atomic mass is 35.5. The third-order valence-corrected chi connectivity index (χ3v) is 10.6. The third-order valence-electron chi connectivity index (χ3n) is 10.1. The van der Waals surface area contributed by atoms with E-state index in [1.165, 1.54) is 6.07 Å². The summed E-state index contributed by atoms with van der Waals surface area (Å²) in [5.74, 6) is -0.378. The summed E-state index contributed by atoms with van der Waals surface area (Å²) in [6.07, 6.45) is 6.18. The third kappa shape index (κ3) is 6.30. The molecule has 2 aromatic heterocycles. The van der Waals surface area contributed by atoms with Crippen LogP contribution in [0.15, 0.2) is 30.5 Å². The molecule has 2 aliphatic heterocycles. The minimum absolute atomic E-state index is 0.0381. The van der Waals surface area contributed by atoms with Crippen LogP contribution in [0.3, 0.4) is 0 Å². The Morgan fingerprint density at radius 2 is 1.92 bits per heavy atom. The quantitative estimate of drug-likeness (QED) is 0.186. The van der Waals surface area contributed by atoms with Crippen LogP contribution in [-0.4, -0.2) is 76.1 Å². The molecular formula is C37H46ClFN6O4. The standard InChI is InChI=1S/C37H46ClFN6O4/c1-22-15-29-27(19-41-45(29)30-9-7-8-13-48-30)32(33(22)38)31-23(2)44(25-17-37(18-25)20-43(21-37)35(46)49-36(3,4)5)42-34(31)26-11-10-24(16-28(26)39)40-12-14-47-6/h10-11,15-16,19,25,30,40H,7-9,12-14,17-18,20-21H2,1-6H3. The Morgan fingerprint density at radius 3 is 2.59 bits per heavy atom. The van der Waals surface area contributed by atoms with Gasteiger partial charge in [-0.15, -0.1) is 0 Å². The van der Waals surface area contributed by atoms with E-state index in [0.29, 0.717) is 54.8 Å². The second-order valence-corrected chi connectivity index (χ2v) is 15.4. The van der Waals surface area contributed by atoms with Gasteiger partial charge in [-0.3, -0.25) is 4.68 Å². The van der Waals surface area contributed by atoms with E-state index < -0.39 is 5.60 Å². The molecule has 4 heterocycles. The monoisotopic (exact) mass is 692 g/mol. The largest absolute Gasteiger partial charge is 0.444 e. The van der Waals surface area contributed by atoms with E-state index in [9.17, 15) is 4.79 Å². The van der Waals surface area contributed by atoms with E-state index >= 15 is 4.39 Å². The molecule has 1 spiro atoms. The predicted octanol–water partition coefficient (Wildman–Crippen LogP) is 8.31. The summed E-state index contributed by atoms with van der Waals surface area (Å²) in [5, 5.41) is 14.7. The second-order valence-electron chi connectivity index (χ2n) is 15.0. The summed E-state index contributed by atoms with van der Waals surface area (Å²) in [4.78, 5) is 14.4. The van der Waals surface area contributed by atoms with Crippen LogP contribution in [-0.2, 0) is 14.2 Å². The Morgan fingerprint density at radius 1 is 1.14 bits per heavy atom. The van der Waals surface area contributed by atoms with Crippen LogP contribution in [0.4, 0.5) is 14.9 Å². The summed E-state index contributed by atoms with van der Waals surface area (Å²) in [6, 6.07) is 7.33. The minimum atomic E-state index is -0.531. The number of aryl methyl sites for hydroxylation is 1. The Hall–Kier alpha value is -3.67. The number of anilines is 1. The zero-order valence-electron chi connectivity index (χ0n) is 29.2. The fourth-order valence-corrected chi connectivity index (χ4v) is 8.00. The normalized spacial score (nSPS) is 19.3. The number of methoxy groups -OCH3 is 1. The number of ether oxygens (including phenoxy) is 3. The number of amides is 1. The Labute approximate surface area is 291 Å². The number of halogens is 2. The van der Waals surface area contributed by atoms with Gasteiger partial charge < -0.3 is 24.4 Å². The van der Waals surface area contributed by atoms with Crippen molar-refractivity contribution in [2.75, 3.05) is 45.3 Å². The van der Waals surface area contributed by atoms with Gasteiger partial charge in [-0.2, -0.15) is 10.2 Å². The van der Waals surface area contributed by atoms with Gasteiger partial charge in [0.25, 0.3) is 0 Å². The summed E-state index contributed by atoms with van der Waals surface area (Å²) in [7, 11) is 1.64. The van der Waals surface area contributed by atoms with Gasteiger partial charge in [-0.25, -0.2) is 13.9 Å². The minimum Gasteiger partial charge on any atom is -0.444 e. The molecule has 1 atom stereocenters. The van der Waals surface area contributed by atoms with Crippen molar-refractivity contribution in [3.8, 4) is 22.4 Å². The molecule has 0 bridgehead atoms. The number of rotatable bonds is 8. The molecule has 3 fully saturated rings. The first-order valence-corrected chi connectivity index (χ1v) is 17.6. The van der Waals surface area contributed by atoms with Crippen molar-refractivity contribution in [2.24, 2.45) is 5.41 Å². The fourth-order valence-electron chi connectivity index (χ4n) is 7.75. The molecule has 4 aromatic rings. The maximum Gasteiger partial charge on any atom is 0.410 e. The number of hydrogen-bond acceptors (Lipinski definition) is 7. The summed E-state index contributed by atoms with van der Waals surface area (Å²) in [5.41, 5.74) is 5.45. The molecule has 1 unspecified atom stereocenters. The number of carbonyl (C=O) groups is 1. The van der Waals surface area contributed by atoms with Crippen molar-refractivity contribution in [1.29, 1.82) is 0 Å². The van der Waals surface area contributed by atoms with Crippen LogP contribution in [0.25, 0.3) is 33.3 Å². The molecule has 2 saturated heterocycles.